The van der Waals surface area contributed by atoms with Crippen molar-refractivity contribution in [1.82, 2.24) is 15.1 Å². The molecule has 14 heavy (non-hydrogen) atoms. The second-order valence-corrected chi connectivity index (χ2v) is 3.77. The van der Waals surface area contributed by atoms with Gasteiger partial charge in [0, 0.05) is 25.3 Å². The molecule has 0 amide bonds. The van der Waals surface area contributed by atoms with Crippen LogP contribution in [0.3, 0.4) is 0 Å². The molecule has 0 aliphatic carbocycles. The van der Waals surface area contributed by atoms with Crippen molar-refractivity contribution < 1.29 is 0 Å². The molecule has 2 N–H and O–H groups in total. The Hall–Kier alpha value is -1.03. The first-order valence-electron chi connectivity index (χ1n) is 5.38. The van der Waals surface area contributed by atoms with Crippen LogP contribution in [-0.4, -0.2) is 28.9 Å². The van der Waals surface area contributed by atoms with Crippen LogP contribution >= 0.6 is 0 Å². The largest absolute Gasteiger partial charge is 0.378 e. The van der Waals surface area contributed by atoms with Gasteiger partial charge in [-0.2, -0.15) is 5.10 Å². The zero-order valence-corrected chi connectivity index (χ0v) is 8.66. The second kappa shape index (κ2) is 4.46. The van der Waals surface area contributed by atoms with E-state index in [9.17, 15) is 0 Å². The van der Waals surface area contributed by atoms with Gasteiger partial charge >= 0.3 is 0 Å². The van der Waals surface area contributed by atoms with Gasteiger partial charge in [-0.1, -0.05) is 0 Å². The third-order valence-corrected chi connectivity index (χ3v) is 2.62. The van der Waals surface area contributed by atoms with Gasteiger partial charge < -0.3 is 10.6 Å². The fraction of sp³-hybridized carbons (Fsp3) is 0.700. The van der Waals surface area contributed by atoms with Crippen LogP contribution in [0, 0.1) is 0 Å². The number of nitrogens with one attached hydrogen (secondary N) is 2. The minimum atomic E-state index is 0.568. The molecule has 1 aromatic heterocycles. The highest BCUT2D eigenvalue weighted by Crippen LogP contribution is 2.11. The molecule has 4 nitrogen and oxygen atoms in total. The van der Waals surface area contributed by atoms with Crippen molar-refractivity contribution in [2.75, 3.05) is 18.4 Å². The van der Waals surface area contributed by atoms with Crippen LogP contribution in [0.4, 0.5) is 5.69 Å². The molecule has 0 aromatic carbocycles. The summed E-state index contributed by atoms with van der Waals surface area (Å²) in [6.07, 6.45) is 6.48. The van der Waals surface area contributed by atoms with Crippen molar-refractivity contribution in [3.8, 4) is 0 Å². The first-order valence-corrected chi connectivity index (χ1v) is 5.38. The summed E-state index contributed by atoms with van der Waals surface area (Å²) in [4.78, 5) is 0. The van der Waals surface area contributed by atoms with E-state index < -0.39 is 0 Å². The van der Waals surface area contributed by atoms with E-state index in [1.807, 2.05) is 10.9 Å². The van der Waals surface area contributed by atoms with Crippen LogP contribution in [-0.2, 0) is 6.54 Å². The summed E-state index contributed by atoms with van der Waals surface area (Å²) in [7, 11) is 0. The van der Waals surface area contributed by atoms with Crippen LogP contribution in [0.1, 0.15) is 19.8 Å². The van der Waals surface area contributed by atoms with Gasteiger partial charge in [0.2, 0.25) is 0 Å². The third kappa shape index (κ3) is 2.26. The molecule has 0 spiro atoms. The molecule has 2 rings (SSSR count). The van der Waals surface area contributed by atoms with Crippen molar-refractivity contribution >= 4 is 5.69 Å². The Kier molecular flexibility index (Phi) is 3.03. The number of aromatic nitrogens is 2. The Morgan fingerprint density at radius 3 is 3.29 bits per heavy atom. The number of nitrogens with zero attached hydrogens (tertiary/aromatic N) is 2. The molecule has 1 aliphatic heterocycles. The Morgan fingerprint density at radius 1 is 1.71 bits per heavy atom. The Balaban J connectivity index is 1.89. The predicted molar refractivity (Wildman–Crippen MR) is 57.4 cm³/mol. The van der Waals surface area contributed by atoms with Gasteiger partial charge in [-0.15, -0.1) is 0 Å². The second-order valence-electron chi connectivity index (χ2n) is 3.77. The SMILES string of the molecule is CCn1cc(NC2CCCNC2)cn1. The van der Waals surface area contributed by atoms with E-state index in [1.54, 1.807) is 0 Å². The average Bonchev–Trinajstić information content (AvgIpc) is 2.67. The Morgan fingerprint density at radius 2 is 2.64 bits per heavy atom. The van der Waals surface area contributed by atoms with E-state index in [0.29, 0.717) is 6.04 Å². The summed E-state index contributed by atoms with van der Waals surface area (Å²) in [6, 6.07) is 0.568. The molecule has 1 fully saturated rings. The van der Waals surface area contributed by atoms with Gasteiger partial charge in [-0.3, -0.25) is 4.68 Å². The first-order chi connectivity index (χ1) is 6.88. The molecule has 1 atom stereocenters. The van der Waals surface area contributed by atoms with Crippen LogP contribution in [0.5, 0.6) is 0 Å². The number of anilines is 1. The number of hydrogen-bond donors (Lipinski definition) is 2. The van der Waals surface area contributed by atoms with Crippen LogP contribution in [0.25, 0.3) is 0 Å². The lowest BCUT2D eigenvalue weighted by molar-refractivity contribution is 0.480. The normalized spacial score (nSPS) is 22.2. The Labute approximate surface area is 84.7 Å². The Bertz CT molecular complexity index is 275. The maximum Gasteiger partial charge on any atom is 0.0729 e. The van der Waals surface area contributed by atoms with Crippen LogP contribution < -0.4 is 10.6 Å². The zero-order chi connectivity index (χ0) is 9.80. The molecule has 2 heterocycles. The van der Waals surface area contributed by atoms with E-state index in [1.165, 1.54) is 12.8 Å². The number of rotatable bonds is 3. The van der Waals surface area contributed by atoms with Crippen molar-refractivity contribution in [3.05, 3.63) is 12.4 Å². The van der Waals surface area contributed by atoms with Crippen molar-refractivity contribution in [2.24, 2.45) is 0 Å². The molecule has 0 radical (unpaired) electrons. The smallest absolute Gasteiger partial charge is 0.0729 e. The number of hydrogen-bond acceptors (Lipinski definition) is 3. The molecule has 78 valence electrons. The van der Waals surface area contributed by atoms with Crippen molar-refractivity contribution in [3.63, 3.8) is 0 Å². The summed E-state index contributed by atoms with van der Waals surface area (Å²) in [5.74, 6) is 0. The van der Waals surface area contributed by atoms with E-state index in [4.69, 9.17) is 0 Å². The van der Waals surface area contributed by atoms with Gasteiger partial charge in [-0.25, -0.2) is 0 Å². The van der Waals surface area contributed by atoms with Crippen molar-refractivity contribution in [2.45, 2.75) is 32.4 Å². The molecule has 0 bridgehead atoms. The topological polar surface area (TPSA) is 41.9 Å². The lowest BCUT2D eigenvalue weighted by Crippen LogP contribution is -2.38. The summed E-state index contributed by atoms with van der Waals surface area (Å²) in [5.41, 5.74) is 1.14. The summed E-state index contributed by atoms with van der Waals surface area (Å²) >= 11 is 0. The monoisotopic (exact) mass is 194 g/mol. The lowest BCUT2D eigenvalue weighted by Gasteiger charge is -2.23. The van der Waals surface area contributed by atoms with E-state index in [2.05, 4.69) is 28.9 Å². The molecule has 0 saturated carbocycles. The highest BCUT2D eigenvalue weighted by molar-refractivity contribution is 5.39. The zero-order valence-electron chi connectivity index (χ0n) is 8.66. The van der Waals surface area contributed by atoms with E-state index in [-0.39, 0.29) is 0 Å². The van der Waals surface area contributed by atoms with E-state index >= 15 is 0 Å². The first kappa shape index (κ1) is 9.52. The van der Waals surface area contributed by atoms with Gasteiger partial charge in [0.25, 0.3) is 0 Å². The van der Waals surface area contributed by atoms with Crippen LogP contribution in [0.2, 0.25) is 0 Å². The highest BCUT2D eigenvalue weighted by atomic mass is 15.3. The molecule has 1 aliphatic rings. The molecule has 1 saturated heterocycles. The van der Waals surface area contributed by atoms with Crippen molar-refractivity contribution in [1.29, 1.82) is 0 Å². The van der Waals surface area contributed by atoms with Gasteiger partial charge in [-0.05, 0) is 26.3 Å². The van der Waals surface area contributed by atoms with Gasteiger partial charge in [0.15, 0.2) is 0 Å². The minimum Gasteiger partial charge on any atom is -0.378 e. The standard InChI is InChI=1S/C10H18N4/c1-2-14-8-10(7-12-14)13-9-4-3-5-11-6-9/h7-9,11,13H,2-6H2,1H3. The van der Waals surface area contributed by atoms with Gasteiger partial charge in [0.05, 0.1) is 11.9 Å². The number of aryl methyl sites for hydroxylation is 1. The third-order valence-electron chi connectivity index (χ3n) is 2.62. The molecule has 4 heteroatoms. The fourth-order valence-corrected chi connectivity index (χ4v) is 1.82. The summed E-state index contributed by atoms with van der Waals surface area (Å²) < 4.78 is 1.94. The minimum absolute atomic E-state index is 0.568. The highest BCUT2D eigenvalue weighted by Gasteiger charge is 2.12. The van der Waals surface area contributed by atoms with Gasteiger partial charge in [0.1, 0.15) is 0 Å². The molecule has 1 unspecified atom stereocenters. The van der Waals surface area contributed by atoms with E-state index in [0.717, 1.165) is 25.3 Å². The van der Waals surface area contributed by atoms with Crippen LogP contribution in [0.15, 0.2) is 12.4 Å². The lowest BCUT2D eigenvalue weighted by atomic mass is 10.1. The summed E-state index contributed by atoms with van der Waals surface area (Å²) in [5, 5.41) is 11.1. The fourth-order valence-electron chi connectivity index (χ4n) is 1.82. The molecule has 1 aromatic rings. The number of piperidine rings is 1. The quantitative estimate of drug-likeness (QED) is 0.756. The summed E-state index contributed by atoms with van der Waals surface area (Å²) in [6.45, 7) is 5.26. The molecular formula is C10H18N4. The maximum atomic E-state index is 4.23. The molecular weight excluding hydrogens is 176 g/mol. The average molecular weight is 194 g/mol. The maximum absolute atomic E-state index is 4.23. The predicted octanol–water partition coefficient (Wildman–Crippen LogP) is 1.07.